The predicted octanol–water partition coefficient (Wildman–Crippen LogP) is 1.21. The van der Waals surface area contributed by atoms with Crippen LogP contribution in [-0.4, -0.2) is 61.9 Å². The normalized spacial score (nSPS) is 20.9. The summed E-state index contributed by atoms with van der Waals surface area (Å²) in [5.41, 5.74) is 1.56. The van der Waals surface area contributed by atoms with Crippen LogP contribution in [0.15, 0.2) is 24.3 Å². The first-order valence-corrected chi connectivity index (χ1v) is 11.2. The molecule has 1 aliphatic carbocycles. The first kappa shape index (κ1) is 19.8. The number of amides is 2. The highest BCUT2D eigenvalue weighted by molar-refractivity contribution is 7.88. The molecular formula is C19H27N3O4S. The zero-order valence-corrected chi connectivity index (χ0v) is 16.7. The molecule has 0 aromatic heterocycles. The summed E-state index contributed by atoms with van der Waals surface area (Å²) in [6.07, 6.45) is 4.69. The maximum absolute atomic E-state index is 12.7. The lowest BCUT2D eigenvalue weighted by Crippen LogP contribution is -2.45. The second-order valence-electron chi connectivity index (χ2n) is 7.60. The van der Waals surface area contributed by atoms with Crippen LogP contribution in [0.4, 0.5) is 0 Å². The molecule has 1 N–H and O–H groups in total. The van der Waals surface area contributed by atoms with Crippen LogP contribution in [0.2, 0.25) is 0 Å². The number of hydrogen-bond acceptors (Lipinski definition) is 4. The molecule has 1 atom stereocenters. The number of carbonyl (C=O) groups excluding carboxylic acids is 2. The van der Waals surface area contributed by atoms with Gasteiger partial charge < -0.3 is 10.2 Å². The molecule has 148 valence electrons. The predicted molar refractivity (Wildman–Crippen MR) is 103 cm³/mol. The Labute approximate surface area is 160 Å². The van der Waals surface area contributed by atoms with Crippen LogP contribution in [0.5, 0.6) is 0 Å². The Bertz CT molecular complexity index is 803. The Morgan fingerprint density at radius 2 is 1.85 bits per heavy atom. The van der Waals surface area contributed by atoms with Crippen molar-refractivity contribution in [3.05, 3.63) is 35.4 Å². The van der Waals surface area contributed by atoms with Gasteiger partial charge in [-0.05, 0) is 43.4 Å². The highest BCUT2D eigenvalue weighted by Gasteiger charge is 2.31. The van der Waals surface area contributed by atoms with Crippen molar-refractivity contribution in [2.45, 2.75) is 38.3 Å². The van der Waals surface area contributed by atoms with E-state index in [-0.39, 0.29) is 24.3 Å². The van der Waals surface area contributed by atoms with E-state index in [4.69, 9.17) is 0 Å². The van der Waals surface area contributed by atoms with Crippen LogP contribution in [0, 0.1) is 5.92 Å². The number of piperidine rings is 1. The Hall–Kier alpha value is -1.93. The number of nitrogens with one attached hydrogen (secondary N) is 1. The maximum Gasteiger partial charge on any atom is 0.251 e. The van der Waals surface area contributed by atoms with E-state index in [9.17, 15) is 18.0 Å². The van der Waals surface area contributed by atoms with Gasteiger partial charge in [0, 0.05) is 38.3 Å². The van der Waals surface area contributed by atoms with Gasteiger partial charge in [0.15, 0.2) is 0 Å². The molecule has 2 aliphatic rings. The van der Waals surface area contributed by atoms with E-state index < -0.39 is 10.0 Å². The minimum atomic E-state index is -3.27. The molecule has 0 radical (unpaired) electrons. The highest BCUT2D eigenvalue weighted by atomic mass is 32.2. The van der Waals surface area contributed by atoms with Gasteiger partial charge in [0.1, 0.15) is 0 Å². The smallest absolute Gasteiger partial charge is 0.251 e. The number of sulfonamides is 1. The number of hydrogen-bond donors (Lipinski definition) is 1. The molecule has 0 bridgehead atoms. The molecule has 7 nitrogen and oxygen atoms in total. The zero-order valence-electron chi connectivity index (χ0n) is 15.8. The second kappa shape index (κ2) is 7.98. The average Bonchev–Trinajstić information content (AvgIpc) is 3.45. The van der Waals surface area contributed by atoms with Gasteiger partial charge >= 0.3 is 0 Å². The molecule has 1 aromatic carbocycles. The van der Waals surface area contributed by atoms with Crippen molar-refractivity contribution in [1.29, 1.82) is 0 Å². The van der Waals surface area contributed by atoms with Crippen molar-refractivity contribution in [2.24, 2.45) is 5.92 Å². The third-order valence-electron chi connectivity index (χ3n) is 5.13. The van der Waals surface area contributed by atoms with E-state index in [2.05, 4.69) is 5.32 Å². The van der Waals surface area contributed by atoms with Gasteiger partial charge in [-0.25, -0.2) is 12.7 Å². The zero-order chi connectivity index (χ0) is 19.6. The fourth-order valence-corrected chi connectivity index (χ4v) is 4.28. The summed E-state index contributed by atoms with van der Waals surface area (Å²) in [5, 5.41) is 2.95. The second-order valence-corrected chi connectivity index (χ2v) is 9.58. The Balaban J connectivity index is 1.56. The highest BCUT2D eigenvalue weighted by Crippen LogP contribution is 2.22. The van der Waals surface area contributed by atoms with Gasteiger partial charge in [0.2, 0.25) is 15.9 Å². The van der Waals surface area contributed by atoms with Gasteiger partial charge in [-0.15, -0.1) is 0 Å². The number of rotatable bonds is 6. The fourth-order valence-electron chi connectivity index (χ4n) is 3.37. The van der Waals surface area contributed by atoms with Gasteiger partial charge in [0.05, 0.1) is 12.2 Å². The Morgan fingerprint density at radius 1 is 1.19 bits per heavy atom. The standard InChI is InChI=1S/C19H27N3O4S/c1-21(19(24)16-4-3-11-22(13-16)27(2,25)26)12-14-5-7-15(8-6-14)18(23)20-17-9-10-17/h5-8,16-17H,3-4,9-13H2,1-2H3,(H,20,23). The third-order valence-corrected chi connectivity index (χ3v) is 6.40. The molecule has 8 heteroatoms. The van der Waals surface area contributed by atoms with Crippen LogP contribution < -0.4 is 5.32 Å². The van der Waals surface area contributed by atoms with E-state index in [1.807, 2.05) is 12.1 Å². The van der Waals surface area contributed by atoms with Gasteiger partial charge in [-0.1, -0.05) is 12.1 Å². The third kappa shape index (κ3) is 5.29. The van der Waals surface area contributed by atoms with Gasteiger partial charge in [0.25, 0.3) is 5.91 Å². The number of carbonyl (C=O) groups is 2. The largest absolute Gasteiger partial charge is 0.349 e. The van der Waals surface area contributed by atoms with E-state index in [0.717, 1.165) is 18.4 Å². The van der Waals surface area contributed by atoms with Crippen molar-refractivity contribution in [1.82, 2.24) is 14.5 Å². The van der Waals surface area contributed by atoms with Crippen LogP contribution in [0.25, 0.3) is 0 Å². The summed E-state index contributed by atoms with van der Waals surface area (Å²) in [6, 6.07) is 7.59. The molecule has 0 spiro atoms. The number of benzene rings is 1. The Kier molecular flexibility index (Phi) is 5.86. The van der Waals surface area contributed by atoms with Crippen molar-refractivity contribution >= 4 is 21.8 Å². The first-order chi connectivity index (χ1) is 12.7. The summed E-state index contributed by atoms with van der Waals surface area (Å²) in [4.78, 5) is 26.4. The monoisotopic (exact) mass is 393 g/mol. The molecule has 1 aromatic rings. The summed E-state index contributed by atoms with van der Waals surface area (Å²) in [7, 11) is -1.54. The lowest BCUT2D eigenvalue weighted by Gasteiger charge is -2.32. The molecule has 1 saturated heterocycles. The summed E-state index contributed by atoms with van der Waals surface area (Å²) in [6.45, 7) is 1.16. The van der Waals surface area contributed by atoms with Crippen LogP contribution in [0.3, 0.4) is 0 Å². The molecule has 3 rings (SSSR count). The minimum absolute atomic E-state index is 0.0427. The molecule has 1 aliphatic heterocycles. The first-order valence-electron chi connectivity index (χ1n) is 9.34. The SMILES string of the molecule is CN(Cc1ccc(C(=O)NC2CC2)cc1)C(=O)C1CCCN(S(C)(=O)=O)C1. The quantitative estimate of drug-likeness (QED) is 0.787. The van der Waals surface area contributed by atoms with E-state index in [0.29, 0.717) is 37.5 Å². The van der Waals surface area contributed by atoms with Crippen molar-refractivity contribution in [3.63, 3.8) is 0 Å². The average molecular weight is 394 g/mol. The molecule has 1 unspecified atom stereocenters. The van der Waals surface area contributed by atoms with E-state index in [1.165, 1.54) is 10.6 Å². The van der Waals surface area contributed by atoms with Crippen LogP contribution in [-0.2, 0) is 21.4 Å². The fraction of sp³-hybridized carbons (Fsp3) is 0.579. The molecule has 1 saturated carbocycles. The van der Waals surface area contributed by atoms with Crippen molar-refractivity contribution in [2.75, 3.05) is 26.4 Å². The summed E-state index contributed by atoms with van der Waals surface area (Å²) in [5.74, 6) is -0.405. The molecule has 2 fully saturated rings. The van der Waals surface area contributed by atoms with Crippen LogP contribution in [0.1, 0.15) is 41.6 Å². The van der Waals surface area contributed by atoms with Crippen LogP contribution >= 0.6 is 0 Å². The molecule has 1 heterocycles. The topological polar surface area (TPSA) is 86.8 Å². The lowest BCUT2D eigenvalue weighted by molar-refractivity contribution is -0.135. The Morgan fingerprint density at radius 3 is 2.44 bits per heavy atom. The van der Waals surface area contributed by atoms with Gasteiger partial charge in [-0.2, -0.15) is 0 Å². The van der Waals surface area contributed by atoms with E-state index in [1.54, 1.807) is 24.1 Å². The summed E-state index contributed by atoms with van der Waals surface area (Å²) < 4.78 is 24.9. The maximum atomic E-state index is 12.7. The van der Waals surface area contributed by atoms with Crippen molar-refractivity contribution < 1.29 is 18.0 Å². The van der Waals surface area contributed by atoms with Gasteiger partial charge in [-0.3, -0.25) is 9.59 Å². The molecule has 27 heavy (non-hydrogen) atoms. The molecular weight excluding hydrogens is 366 g/mol. The van der Waals surface area contributed by atoms with E-state index >= 15 is 0 Å². The summed E-state index contributed by atoms with van der Waals surface area (Å²) >= 11 is 0. The number of nitrogens with zero attached hydrogens (tertiary/aromatic N) is 2. The molecule has 2 amide bonds. The van der Waals surface area contributed by atoms with Crippen molar-refractivity contribution in [3.8, 4) is 0 Å². The minimum Gasteiger partial charge on any atom is -0.349 e. The lowest BCUT2D eigenvalue weighted by atomic mass is 9.98.